The van der Waals surface area contributed by atoms with E-state index in [0.717, 1.165) is 79.4 Å². The minimum Gasteiger partial charge on any atom is -0.411 e. The van der Waals surface area contributed by atoms with E-state index in [0.29, 0.717) is 6.04 Å². The summed E-state index contributed by atoms with van der Waals surface area (Å²) >= 11 is 0. The molecule has 3 heterocycles. The van der Waals surface area contributed by atoms with Crippen LogP contribution in [0.4, 0.5) is 11.4 Å². The van der Waals surface area contributed by atoms with Crippen LogP contribution in [0.1, 0.15) is 49.6 Å². The van der Waals surface area contributed by atoms with Gasteiger partial charge in [-0.3, -0.25) is 4.90 Å². The number of hydrogen-bond donors (Lipinski definition) is 1. The van der Waals surface area contributed by atoms with Gasteiger partial charge in [0.05, 0.1) is 11.4 Å². The molecule has 1 N–H and O–H groups in total. The number of benzene rings is 2. The Morgan fingerprint density at radius 2 is 1.44 bits per heavy atom. The lowest BCUT2D eigenvalue weighted by Crippen LogP contribution is -2.57. The standard InChI is InChI=1S/C30H39N5O/c1-23-29(25(3)35(36)31-23)24(2)32-21-17-30(4,18-22-32)33-19-15-28(16-20-33)34(26-11-7-5-8-12-26)27-13-9-6-10-14-27/h5-14,28,36H,2,15-22H2,1,3-4H3. The van der Waals surface area contributed by atoms with Crippen molar-refractivity contribution in [2.24, 2.45) is 0 Å². The average Bonchev–Trinajstić information content (AvgIpc) is 3.16. The quantitative estimate of drug-likeness (QED) is 0.443. The van der Waals surface area contributed by atoms with Crippen LogP contribution < -0.4 is 4.90 Å². The van der Waals surface area contributed by atoms with Crippen molar-refractivity contribution >= 4 is 17.1 Å². The molecule has 0 amide bonds. The van der Waals surface area contributed by atoms with Gasteiger partial charge in [0.25, 0.3) is 0 Å². The molecule has 2 fully saturated rings. The largest absolute Gasteiger partial charge is 0.411 e. The number of anilines is 2. The van der Waals surface area contributed by atoms with Crippen LogP contribution in [-0.2, 0) is 0 Å². The molecule has 2 saturated heterocycles. The number of aromatic nitrogens is 2. The Bertz CT molecular complexity index is 1130. The Balaban J connectivity index is 1.23. The molecule has 2 aliphatic rings. The molecule has 3 aromatic rings. The second kappa shape index (κ2) is 10.0. The minimum absolute atomic E-state index is 0.206. The maximum atomic E-state index is 9.96. The first kappa shape index (κ1) is 24.4. The zero-order valence-corrected chi connectivity index (χ0v) is 21.9. The highest BCUT2D eigenvalue weighted by Crippen LogP contribution is 2.37. The van der Waals surface area contributed by atoms with Crippen molar-refractivity contribution in [2.75, 3.05) is 31.1 Å². The first-order valence-electron chi connectivity index (χ1n) is 13.2. The van der Waals surface area contributed by atoms with E-state index in [1.807, 2.05) is 13.8 Å². The molecule has 0 spiro atoms. The second-order valence-electron chi connectivity index (χ2n) is 10.6. The molecule has 2 aromatic carbocycles. The van der Waals surface area contributed by atoms with Crippen molar-refractivity contribution in [3.05, 3.63) is 84.2 Å². The molecular weight excluding hydrogens is 446 g/mol. The van der Waals surface area contributed by atoms with E-state index in [2.05, 4.69) is 94.0 Å². The van der Waals surface area contributed by atoms with E-state index in [4.69, 9.17) is 0 Å². The fraction of sp³-hybridized carbons (Fsp3) is 0.433. The molecule has 190 valence electrons. The van der Waals surface area contributed by atoms with Gasteiger partial charge in [-0.1, -0.05) is 43.0 Å². The summed E-state index contributed by atoms with van der Waals surface area (Å²) in [6.45, 7) is 14.8. The lowest BCUT2D eigenvalue weighted by atomic mass is 9.85. The molecule has 0 atom stereocenters. The van der Waals surface area contributed by atoms with E-state index >= 15 is 0 Å². The molecule has 0 bridgehead atoms. The Labute approximate surface area is 215 Å². The summed E-state index contributed by atoms with van der Waals surface area (Å²) in [4.78, 5) is 8.62. The normalized spacial score (nSPS) is 18.8. The summed E-state index contributed by atoms with van der Waals surface area (Å²) < 4.78 is 0. The zero-order valence-electron chi connectivity index (χ0n) is 21.9. The zero-order chi connectivity index (χ0) is 25.3. The van der Waals surface area contributed by atoms with Gasteiger partial charge < -0.3 is 15.0 Å². The first-order valence-corrected chi connectivity index (χ1v) is 13.2. The summed E-state index contributed by atoms with van der Waals surface area (Å²) in [7, 11) is 0. The molecule has 0 aliphatic carbocycles. The minimum atomic E-state index is 0.206. The van der Waals surface area contributed by atoms with E-state index in [1.54, 1.807) is 0 Å². The average molecular weight is 486 g/mol. The number of likely N-dealkylation sites (tertiary alicyclic amines) is 2. The topological polar surface area (TPSA) is 47.8 Å². The van der Waals surface area contributed by atoms with Crippen LogP contribution in [0.25, 0.3) is 5.70 Å². The van der Waals surface area contributed by atoms with Gasteiger partial charge >= 0.3 is 0 Å². The first-order chi connectivity index (χ1) is 17.4. The molecular formula is C30H39N5O. The third kappa shape index (κ3) is 4.62. The monoisotopic (exact) mass is 485 g/mol. The maximum Gasteiger partial charge on any atom is 0.0863 e. The van der Waals surface area contributed by atoms with Gasteiger partial charge in [-0.05, 0) is 70.7 Å². The lowest BCUT2D eigenvalue weighted by molar-refractivity contribution is 0.0307. The Morgan fingerprint density at radius 3 is 1.92 bits per heavy atom. The van der Waals surface area contributed by atoms with E-state index in [9.17, 15) is 5.21 Å². The number of nitrogens with zero attached hydrogens (tertiary/aromatic N) is 5. The predicted octanol–water partition coefficient (Wildman–Crippen LogP) is 5.87. The van der Waals surface area contributed by atoms with Crippen LogP contribution in [0.5, 0.6) is 0 Å². The van der Waals surface area contributed by atoms with Gasteiger partial charge in [0.1, 0.15) is 0 Å². The van der Waals surface area contributed by atoms with Crippen LogP contribution >= 0.6 is 0 Å². The van der Waals surface area contributed by atoms with Gasteiger partial charge in [0, 0.05) is 60.4 Å². The van der Waals surface area contributed by atoms with Crippen LogP contribution in [0.15, 0.2) is 67.2 Å². The number of para-hydroxylation sites is 2. The number of piperidine rings is 2. The predicted molar refractivity (Wildman–Crippen MR) is 147 cm³/mol. The molecule has 6 heteroatoms. The molecule has 5 rings (SSSR count). The van der Waals surface area contributed by atoms with Crippen molar-refractivity contribution in [3.63, 3.8) is 0 Å². The fourth-order valence-corrected chi connectivity index (χ4v) is 6.19. The highest BCUT2D eigenvalue weighted by atomic mass is 16.5. The van der Waals surface area contributed by atoms with Crippen LogP contribution in [-0.4, -0.2) is 62.7 Å². The molecule has 36 heavy (non-hydrogen) atoms. The van der Waals surface area contributed by atoms with Crippen molar-refractivity contribution in [3.8, 4) is 0 Å². The van der Waals surface area contributed by atoms with Crippen LogP contribution in [0.2, 0.25) is 0 Å². The Kier molecular flexibility index (Phi) is 6.80. The fourth-order valence-electron chi connectivity index (χ4n) is 6.19. The molecule has 6 nitrogen and oxygen atoms in total. The van der Waals surface area contributed by atoms with Crippen LogP contribution in [0.3, 0.4) is 0 Å². The third-order valence-corrected chi connectivity index (χ3v) is 8.44. The Morgan fingerprint density at radius 1 is 0.917 bits per heavy atom. The maximum absolute atomic E-state index is 9.96. The molecule has 0 saturated carbocycles. The van der Waals surface area contributed by atoms with Crippen molar-refractivity contribution in [1.29, 1.82) is 0 Å². The van der Waals surface area contributed by atoms with E-state index in [1.165, 1.54) is 11.4 Å². The summed E-state index contributed by atoms with van der Waals surface area (Å²) in [6.07, 6.45) is 4.54. The van der Waals surface area contributed by atoms with Gasteiger partial charge in [-0.15, -0.1) is 9.94 Å². The number of aryl methyl sites for hydroxylation is 1. The molecule has 0 unspecified atom stereocenters. The summed E-state index contributed by atoms with van der Waals surface area (Å²) in [6, 6.07) is 22.1. The molecule has 2 aliphatic heterocycles. The van der Waals surface area contributed by atoms with Crippen molar-refractivity contribution < 1.29 is 5.21 Å². The van der Waals surface area contributed by atoms with Gasteiger partial charge in [-0.25, -0.2) is 0 Å². The highest BCUT2D eigenvalue weighted by molar-refractivity contribution is 5.66. The number of rotatable bonds is 6. The van der Waals surface area contributed by atoms with E-state index in [-0.39, 0.29) is 5.54 Å². The van der Waals surface area contributed by atoms with Crippen LogP contribution in [0, 0.1) is 13.8 Å². The SMILES string of the molecule is C=C(c1c(C)nn(O)c1C)N1CCC(C)(N2CCC(N(c3ccccc3)c3ccccc3)CC2)CC1. The molecule has 0 radical (unpaired) electrons. The smallest absolute Gasteiger partial charge is 0.0863 e. The van der Waals surface area contributed by atoms with Crippen molar-refractivity contribution in [1.82, 2.24) is 19.7 Å². The van der Waals surface area contributed by atoms with Gasteiger partial charge in [0.2, 0.25) is 0 Å². The lowest BCUT2D eigenvalue weighted by Gasteiger charge is -2.51. The Hall–Kier alpha value is -3.25. The summed E-state index contributed by atoms with van der Waals surface area (Å²) in [5.74, 6) is 0. The second-order valence-corrected chi connectivity index (χ2v) is 10.6. The van der Waals surface area contributed by atoms with Gasteiger partial charge in [0.15, 0.2) is 0 Å². The van der Waals surface area contributed by atoms with Gasteiger partial charge in [-0.2, -0.15) is 0 Å². The number of hydrogen-bond acceptors (Lipinski definition) is 5. The highest BCUT2D eigenvalue weighted by Gasteiger charge is 2.39. The summed E-state index contributed by atoms with van der Waals surface area (Å²) in [5, 5.41) is 14.1. The van der Waals surface area contributed by atoms with Crippen molar-refractivity contribution in [2.45, 2.75) is 58.0 Å². The summed E-state index contributed by atoms with van der Waals surface area (Å²) in [5.41, 5.74) is 6.30. The third-order valence-electron chi connectivity index (χ3n) is 8.44. The molecule has 1 aromatic heterocycles. The van der Waals surface area contributed by atoms with E-state index < -0.39 is 0 Å².